The quantitative estimate of drug-likeness (QED) is 0.632. The number of methoxy groups -OCH3 is 1. The molecule has 5 nitrogen and oxygen atoms in total. The zero-order chi connectivity index (χ0) is 14.5. The first-order valence-corrected chi connectivity index (χ1v) is 6.13. The lowest BCUT2D eigenvalue weighted by atomic mass is 10.0. The number of aliphatic hydroxyl groups excluding tert-OH is 1. The third-order valence-electron chi connectivity index (χ3n) is 2.77. The highest BCUT2D eigenvalue weighted by Crippen LogP contribution is 2.25. The van der Waals surface area contributed by atoms with Crippen LogP contribution in [0.4, 0.5) is 0 Å². The molecule has 0 saturated carbocycles. The van der Waals surface area contributed by atoms with Gasteiger partial charge in [-0.25, -0.2) is 4.79 Å². The molecule has 19 heavy (non-hydrogen) atoms. The van der Waals surface area contributed by atoms with Crippen molar-refractivity contribution in [2.75, 3.05) is 7.11 Å². The second kappa shape index (κ2) is 6.43. The Morgan fingerprint density at radius 3 is 2.26 bits per heavy atom. The number of hydrogen-bond acceptors (Lipinski definition) is 5. The molecule has 0 aliphatic carbocycles. The summed E-state index contributed by atoms with van der Waals surface area (Å²) in [7, 11) is 1.33. The van der Waals surface area contributed by atoms with Crippen molar-refractivity contribution in [1.82, 2.24) is 0 Å². The SMILES string of the molecule is CC[C@@](C)(Oc1ccc(O[C@H](C)O)cc1)C(=O)OC. The van der Waals surface area contributed by atoms with Gasteiger partial charge in [0.25, 0.3) is 0 Å². The average molecular weight is 268 g/mol. The molecule has 1 aromatic rings. The van der Waals surface area contributed by atoms with Crippen LogP contribution in [0, 0.1) is 0 Å². The van der Waals surface area contributed by atoms with E-state index in [2.05, 4.69) is 0 Å². The van der Waals surface area contributed by atoms with Gasteiger partial charge in [0.2, 0.25) is 5.60 Å². The zero-order valence-corrected chi connectivity index (χ0v) is 11.7. The largest absolute Gasteiger partial charge is 0.476 e. The highest BCUT2D eigenvalue weighted by atomic mass is 16.6. The maximum atomic E-state index is 11.7. The van der Waals surface area contributed by atoms with Crippen molar-refractivity contribution in [2.45, 2.75) is 39.1 Å². The van der Waals surface area contributed by atoms with Gasteiger partial charge in [-0.1, -0.05) is 6.92 Å². The number of carbonyl (C=O) groups excluding carboxylic acids is 1. The fourth-order valence-electron chi connectivity index (χ4n) is 1.52. The fraction of sp³-hybridized carbons (Fsp3) is 0.500. The van der Waals surface area contributed by atoms with Crippen molar-refractivity contribution in [3.8, 4) is 11.5 Å². The van der Waals surface area contributed by atoms with Gasteiger partial charge in [-0.3, -0.25) is 0 Å². The van der Waals surface area contributed by atoms with Crippen molar-refractivity contribution in [3.63, 3.8) is 0 Å². The first-order chi connectivity index (χ1) is 8.91. The van der Waals surface area contributed by atoms with Gasteiger partial charge in [0, 0.05) is 0 Å². The predicted octanol–water partition coefficient (Wildman–Crippen LogP) is 2.12. The molecule has 0 saturated heterocycles. The van der Waals surface area contributed by atoms with E-state index >= 15 is 0 Å². The summed E-state index contributed by atoms with van der Waals surface area (Å²) in [6, 6.07) is 6.67. The number of benzene rings is 1. The van der Waals surface area contributed by atoms with Gasteiger partial charge >= 0.3 is 5.97 Å². The molecule has 1 aromatic carbocycles. The molecular formula is C14H20O5. The van der Waals surface area contributed by atoms with Gasteiger partial charge < -0.3 is 19.3 Å². The van der Waals surface area contributed by atoms with Gasteiger partial charge in [-0.05, 0) is 44.5 Å². The fourth-order valence-corrected chi connectivity index (χ4v) is 1.52. The summed E-state index contributed by atoms with van der Waals surface area (Å²) in [6.45, 7) is 5.05. The Morgan fingerprint density at radius 1 is 1.32 bits per heavy atom. The van der Waals surface area contributed by atoms with Crippen LogP contribution in [-0.4, -0.2) is 30.1 Å². The van der Waals surface area contributed by atoms with Crippen LogP contribution in [0.3, 0.4) is 0 Å². The van der Waals surface area contributed by atoms with Crippen molar-refractivity contribution < 1.29 is 24.1 Å². The van der Waals surface area contributed by atoms with Crippen molar-refractivity contribution in [1.29, 1.82) is 0 Å². The van der Waals surface area contributed by atoms with E-state index in [9.17, 15) is 4.79 Å². The Labute approximate surface area is 113 Å². The molecule has 0 fully saturated rings. The van der Waals surface area contributed by atoms with E-state index < -0.39 is 17.9 Å². The normalized spacial score (nSPS) is 15.2. The van der Waals surface area contributed by atoms with E-state index in [1.807, 2.05) is 6.92 Å². The monoisotopic (exact) mass is 268 g/mol. The molecule has 0 radical (unpaired) electrons. The molecular weight excluding hydrogens is 248 g/mol. The number of rotatable bonds is 6. The summed E-state index contributed by atoms with van der Waals surface area (Å²) in [5, 5.41) is 9.09. The lowest BCUT2D eigenvalue weighted by Crippen LogP contribution is -2.41. The third-order valence-corrected chi connectivity index (χ3v) is 2.77. The van der Waals surface area contributed by atoms with Crippen molar-refractivity contribution in [3.05, 3.63) is 24.3 Å². The van der Waals surface area contributed by atoms with Crippen LogP contribution >= 0.6 is 0 Å². The van der Waals surface area contributed by atoms with Crippen molar-refractivity contribution >= 4 is 5.97 Å². The molecule has 1 rings (SSSR count). The van der Waals surface area contributed by atoms with Crippen LogP contribution in [0.15, 0.2) is 24.3 Å². The Kier molecular flexibility index (Phi) is 5.18. The number of carbonyl (C=O) groups is 1. The topological polar surface area (TPSA) is 65.0 Å². The zero-order valence-electron chi connectivity index (χ0n) is 11.7. The molecule has 0 aliphatic heterocycles. The summed E-state index contributed by atoms with van der Waals surface area (Å²) in [6.07, 6.45) is -0.381. The average Bonchev–Trinajstić information content (AvgIpc) is 2.39. The van der Waals surface area contributed by atoms with Crippen LogP contribution in [-0.2, 0) is 9.53 Å². The molecule has 106 valence electrons. The molecule has 2 atom stereocenters. The smallest absolute Gasteiger partial charge is 0.349 e. The van der Waals surface area contributed by atoms with Crippen molar-refractivity contribution in [2.24, 2.45) is 0 Å². The van der Waals surface area contributed by atoms with E-state index in [-0.39, 0.29) is 0 Å². The second-order valence-corrected chi connectivity index (χ2v) is 4.37. The summed E-state index contributed by atoms with van der Waals surface area (Å²) in [4.78, 5) is 11.7. The highest BCUT2D eigenvalue weighted by molar-refractivity contribution is 5.79. The molecule has 0 aromatic heterocycles. The molecule has 0 bridgehead atoms. The van der Waals surface area contributed by atoms with Crippen LogP contribution in [0.1, 0.15) is 27.2 Å². The van der Waals surface area contributed by atoms with Gasteiger partial charge in [0.15, 0.2) is 6.29 Å². The minimum absolute atomic E-state index is 0.417. The number of ether oxygens (including phenoxy) is 3. The van der Waals surface area contributed by atoms with E-state index in [0.717, 1.165) is 0 Å². The predicted molar refractivity (Wildman–Crippen MR) is 70.1 cm³/mol. The van der Waals surface area contributed by atoms with E-state index in [4.69, 9.17) is 19.3 Å². The third kappa shape index (κ3) is 4.13. The van der Waals surface area contributed by atoms with E-state index in [1.165, 1.54) is 14.0 Å². The Hall–Kier alpha value is -1.75. The maximum Gasteiger partial charge on any atom is 0.349 e. The van der Waals surface area contributed by atoms with Crippen LogP contribution in [0.2, 0.25) is 0 Å². The first-order valence-electron chi connectivity index (χ1n) is 6.13. The molecule has 0 unspecified atom stereocenters. The number of esters is 1. The number of hydrogen-bond donors (Lipinski definition) is 1. The summed E-state index contributed by atoms with van der Waals surface area (Å²) < 4.78 is 15.5. The van der Waals surface area contributed by atoms with Crippen LogP contribution in [0.25, 0.3) is 0 Å². The highest BCUT2D eigenvalue weighted by Gasteiger charge is 2.34. The standard InChI is InChI=1S/C14H20O5/c1-5-14(3,13(16)17-4)19-12-8-6-11(7-9-12)18-10(2)15/h6-10,15H,5H2,1-4H3/t10-,14-/m1/s1. The Balaban J connectivity index is 2.78. The molecule has 0 amide bonds. The van der Waals surface area contributed by atoms with Gasteiger partial charge in [0.05, 0.1) is 7.11 Å². The van der Waals surface area contributed by atoms with E-state index in [0.29, 0.717) is 17.9 Å². The summed E-state index contributed by atoms with van der Waals surface area (Å²) in [5.74, 6) is 0.644. The van der Waals surface area contributed by atoms with E-state index in [1.54, 1.807) is 31.2 Å². The molecule has 0 spiro atoms. The number of aliphatic hydroxyl groups is 1. The lowest BCUT2D eigenvalue weighted by Gasteiger charge is -2.26. The minimum Gasteiger partial charge on any atom is -0.476 e. The summed E-state index contributed by atoms with van der Waals surface area (Å²) >= 11 is 0. The van der Waals surface area contributed by atoms with Gasteiger partial charge in [-0.15, -0.1) is 0 Å². The maximum absolute atomic E-state index is 11.7. The molecule has 0 heterocycles. The Morgan fingerprint density at radius 2 is 1.84 bits per heavy atom. The molecule has 0 aliphatic rings. The minimum atomic E-state index is -1.01. The van der Waals surface area contributed by atoms with Gasteiger partial charge in [0.1, 0.15) is 11.5 Å². The molecule has 1 N–H and O–H groups in total. The first kappa shape index (κ1) is 15.3. The molecule has 5 heteroatoms. The lowest BCUT2D eigenvalue weighted by molar-refractivity contribution is -0.157. The van der Waals surface area contributed by atoms with Crippen LogP contribution < -0.4 is 9.47 Å². The Bertz CT molecular complexity index is 412. The van der Waals surface area contributed by atoms with Gasteiger partial charge in [-0.2, -0.15) is 0 Å². The summed E-state index contributed by atoms with van der Waals surface area (Å²) in [5.41, 5.74) is -1.01. The second-order valence-electron chi connectivity index (χ2n) is 4.37. The van der Waals surface area contributed by atoms with Crippen LogP contribution in [0.5, 0.6) is 11.5 Å².